The van der Waals surface area contributed by atoms with Gasteiger partial charge in [0.25, 0.3) is 11.8 Å². The molecule has 2 amide bonds. The molecule has 0 spiro atoms. The van der Waals surface area contributed by atoms with Gasteiger partial charge >= 0.3 is 0 Å². The third-order valence-corrected chi connectivity index (χ3v) is 4.47. The second-order valence-electron chi connectivity index (χ2n) is 6.18. The van der Waals surface area contributed by atoms with Crippen molar-refractivity contribution in [3.8, 4) is 0 Å². The first-order valence-electron chi connectivity index (χ1n) is 8.46. The van der Waals surface area contributed by atoms with Crippen molar-refractivity contribution in [1.82, 2.24) is 10.3 Å². The number of amides is 2. The van der Waals surface area contributed by atoms with Crippen LogP contribution in [0.25, 0.3) is 0 Å². The van der Waals surface area contributed by atoms with E-state index in [-0.39, 0.29) is 29.2 Å². The van der Waals surface area contributed by atoms with Crippen LogP contribution in [0.5, 0.6) is 0 Å². The van der Waals surface area contributed by atoms with E-state index in [1.165, 1.54) is 6.42 Å². The van der Waals surface area contributed by atoms with Crippen molar-refractivity contribution in [2.24, 2.45) is 0 Å². The van der Waals surface area contributed by atoms with E-state index in [1.807, 2.05) is 0 Å². The minimum Gasteiger partial charge on any atom is -0.348 e. The molecule has 1 aliphatic carbocycles. The van der Waals surface area contributed by atoms with E-state index < -0.39 is 0 Å². The molecule has 1 aliphatic rings. The highest BCUT2D eigenvalue weighted by Gasteiger charge is 2.18. The maximum absolute atomic E-state index is 12.4. The molecule has 1 fully saturated rings. The van der Waals surface area contributed by atoms with E-state index in [2.05, 4.69) is 15.6 Å². The zero-order valence-corrected chi connectivity index (χ0v) is 14.6. The first kappa shape index (κ1) is 17.4. The second kappa shape index (κ2) is 8.12. The molecule has 25 heavy (non-hydrogen) atoms. The lowest BCUT2D eigenvalue weighted by Gasteiger charge is -2.22. The molecule has 0 aliphatic heterocycles. The van der Waals surface area contributed by atoms with Crippen molar-refractivity contribution in [3.05, 3.63) is 58.9 Å². The van der Waals surface area contributed by atoms with Crippen molar-refractivity contribution in [3.63, 3.8) is 0 Å². The largest absolute Gasteiger partial charge is 0.348 e. The smallest absolute Gasteiger partial charge is 0.274 e. The van der Waals surface area contributed by atoms with E-state index in [9.17, 15) is 9.59 Å². The van der Waals surface area contributed by atoms with Crippen LogP contribution in [0.2, 0.25) is 5.02 Å². The highest BCUT2D eigenvalue weighted by Crippen LogP contribution is 2.18. The molecule has 130 valence electrons. The molecule has 1 aromatic carbocycles. The first-order chi connectivity index (χ1) is 12.1. The van der Waals surface area contributed by atoms with Gasteiger partial charge < -0.3 is 10.6 Å². The number of halogens is 1. The minimum absolute atomic E-state index is 0.191. The summed E-state index contributed by atoms with van der Waals surface area (Å²) in [7, 11) is 0. The van der Waals surface area contributed by atoms with Crippen molar-refractivity contribution >= 4 is 29.1 Å². The molecule has 0 atom stereocenters. The SMILES string of the molecule is O=C(Nc1cccc(Cl)c1)c1cccc(C(=O)NC2CCCCC2)n1. The normalized spacial score (nSPS) is 14.8. The monoisotopic (exact) mass is 357 g/mol. The van der Waals surface area contributed by atoms with Crippen LogP contribution in [-0.4, -0.2) is 22.8 Å². The number of aromatic nitrogens is 1. The predicted octanol–water partition coefficient (Wildman–Crippen LogP) is 4.05. The van der Waals surface area contributed by atoms with E-state index in [1.54, 1.807) is 42.5 Å². The molecule has 1 aromatic heterocycles. The lowest BCUT2D eigenvalue weighted by Crippen LogP contribution is -2.36. The van der Waals surface area contributed by atoms with Gasteiger partial charge in [-0.2, -0.15) is 0 Å². The number of hydrogen-bond acceptors (Lipinski definition) is 3. The van der Waals surface area contributed by atoms with Crippen LogP contribution < -0.4 is 10.6 Å². The van der Waals surface area contributed by atoms with Crippen molar-refractivity contribution < 1.29 is 9.59 Å². The van der Waals surface area contributed by atoms with Gasteiger partial charge in [0, 0.05) is 16.8 Å². The molecular formula is C19H20ClN3O2. The molecule has 0 saturated heterocycles. The molecule has 2 aromatic rings. The third-order valence-electron chi connectivity index (χ3n) is 4.24. The number of rotatable bonds is 4. The Kier molecular flexibility index (Phi) is 5.66. The molecule has 0 radical (unpaired) electrons. The summed E-state index contributed by atoms with van der Waals surface area (Å²) in [4.78, 5) is 28.9. The Morgan fingerprint density at radius 1 is 0.960 bits per heavy atom. The summed E-state index contributed by atoms with van der Waals surface area (Å²) in [6.45, 7) is 0. The molecule has 6 heteroatoms. The standard InChI is InChI=1S/C19H20ClN3O2/c20-13-6-4-9-15(12-13)22-19(25)17-11-5-10-16(23-17)18(24)21-14-7-2-1-3-8-14/h4-6,9-12,14H,1-3,7-8H2,(H,21,24)(H,22,25). The lowest BCUT2D eigenvalue weighted by atomic mass is 9.95. The molecular weight excluding hydrogens is 338 g/mol. The average Bonchev–Trinajstić information content (AvgIpc) is 2.62. The van der Waals surface area contributed by atoms with Crippen molar-refractivity contribution in [2.45, 2.75) is 38.1 Å². The van der Waals surface area contributed by atoms with Crippen LogP contribution in [0, 0.1) is 0 Å². The second-order valence-corrected chi connectivity index (χ2v) is 6.62. The summed E-state index contributed by atoms with van der Waals surface area (Å²) in [5, 5.41) is 6.27. The Bertz CT molecular complexity index is 773. The molecule has 2 N–H and O–H groups in total. The molecule has 5 nitrogen and oxygen atoms in total. The summed E-state index contributed by atoms with van der Waals surface area (Å²) in [5.74, 6) is -0.612. The van der Waals surface area contributed by atoms with Gasteiger partial charge in [0.15, 0.2) is 0 Å². The van der Waals surface area contributed by atoms with Crippen molar-refractivity contribution in [2.75, 3.05) is 5.32 Å². The highest BCUT2D eigenvalue weighted by atomic mass is 35.5. The van der Waals surface area contributed by atoms with Crippen LogP contribution >= 0.6 is 11.6 Å². The van der Waals surface area contributed by atoms with Gasteiger partial charge in [-0.25, -0.2) is 4.98 Å². The first-order valence-corrected chi connectivity index (χ1v) is 8.84. The fourth-order valence-electron chi connectivity index (χ4n) is 2.96. The van der Waals surface area contributed by atoms with Crippen LogP contribution in [0.3, 0.4) is 0 Å². The molecule has 0 unspecified atom stereocenters. The summed E-state index contributed by atoms with van der Waals surface area (Å²) >= 11 is 5.91. The molecule has 3 rings (SSSR count). The lowest BCUT2D eigenvalue weighted by molar-refractivity contribution is 0.0922. The zero-order chi connectivity index (χ0) is 17.6. The molecule has 1 heterocycles. The number of carbonyl (C=O) groups excluding carboxylic acids is 2. The number of hydrogen-bond donors (Lipinski definition) is 2. The summed E-state index contributed by atoms with van der Waals surface area (Å²) in [5.41, 5.74) is 1.02. The van der Waals surface area contributed by atoms with Crippen LogP contribution in [-0.2, 0) is 0 Å². The summed E-state index contributed by atoms with van der Waals surface area (Å²) in [6, 6.07) is 11.9. The number of nitrogens with one attached hydrogen (secondary N) is 2. The maximum atomic E-state index is 12.4. The van der Waals surface area contributed by atoms with Gasteiger partial charge in [0.05, 0.1) is 0 Å². The van der Waals surface area contributed by atoms with Crippen LogP contribution in [0.15, 0.2) is 42.5 Å². The fourth-order valence-corrected chi connectivity index (χ4v) is 3.15. The van der Waals surface area contributed by atoms with Crippen molar-refractivity contribution in [1.29, 1.82) is 0 Å². The number of carbonyl (C=O) groups is 2. The van der Waals surface area contributed by atoms with Gasteiger partial charge in [-0.1, -0.05) is 43.0 Å². The predicted molar refractivity (Wildman–Crippen MR) is 98.0 cm³/mol. The topological polar surface area (TPSA) is 71.1 Å². The van der Waals surface area contributed by atoms with Gasteiger partial charge in [0.2, 0.25) is 0 Å². The van der Waals surface area contributed by atoms with E-state index in [0.29, 0.717) is 10.7 Å². The van der Waals surface area contributed by atoms with E-state index >= 15 is 0 Å². The van der Waals surface area contributed by atoms with Gasteiger partial charge in [-0.3, -0.25) is 9.59 Å². The minimum atomic E-state index is -0.380. The fraction of sp³-hybridized carbons (Fsp3) is 0.316. The Hall–Kier alpha value is -2.40. The highest BCUT2D eigenvalue weighted by molar-refractivity contribution is 6.30. The third kappa shape index (κ3) is 4.79. The van der Waals surface area contributed by atoms with Crippen LogP contribution in [0.1, 0.15) is 53.1 Å². The Morgan fingerprint density at radius 2 is 1.64 bits per heavy atom. The number of nitrogens with zero attached hydrogens (tertiary/aromatic N) is 1. The quantitative estimate of drug-likeness (QED) is 0.867. The van der Waals surface area contributed by atoms with Gasteiger partial charge in [-0.15, -0.1) is 0 Å². The maximum Gasteiger partial charge on any atom is 0.274 e. The summed E-state index contributed by atoms with van der Waals surface area (Å²) < 4.78 is 0. The number of pyridine rings is 1. The zero-order valence-electron chi connectivity index (χ0n) is 13.8. The number of anilines is 1. The Morgan fingerprint density at radius 3 is 2.36 bits per heavy atom. The van der Waals surface area contributed by atoms with E-state index in [4.69, 9.17) is 11.6 Å². The van der Waals surface area contributed by atoms with Gasteiger partial charge in [0.1, 0.15) is 11.4 Å². The molecule has 1 saturated carbocycles. The summed E-state index contributed by atoms with van der Waals surface area (Å²) in [6.07, 6.45) is 5.51. The Balaban J connectivity index is 1.67. The molecule has 0 bridgehead atoms. The Labute approximate surface area is 151 Å². The number of benzene rings is 1. The van der Waals surface area contributed by atoms with E-state index in [0.717, 1.165) is 25.7 Å². The average molecular weight is 358 g/mol. The van der Waals surface area contributed by atoms with Gasteiger partial charge in [-0.05, 0) is 43.2 Å². The van der Waals surface area contributed by atoms with Crippen LogP contribution in [0.4, 0.5) is 5.69 Å².